The zero-order valence-electron chi connectivity index (χ0n) is 9.84. The van der Waals surface area contributed by atoms with Crippen molar-refractivity contribution in [3.63, 3.8) is 0 Å². The molecule has 0 fully saturated rings. The van der Waals surface area contributed by atoms with Crippen LogP contribution < -0.4 is 4.74 Å². The number of benzene rings is 2. The number of nitrogens with zero attached hydrogens (tertiary/aromatic N) is 2. The lowest BCUT2D eigenvalue weighted by molar-refractivity contribution is -0.385. The fourth-order valence-electron chi connectivity index (χ4n) is 1.50. The highest BCUT2D eigenvalue weighted by Gasteiger charge is 2.14. The zero-order chi connectivity index (χ0) is 14.7. The molecule has 0 spiro atoms. The molecule has 100 valence electrons. The fraction of sp³-hybridized carbons (Fsp3) is 0. The first-order chi connectivity index (χ1) is 9.51. The Kier molecular flexibility index (Phi) is 3.96. The van der Waals surface area contributed by atoms with Gasteiger partial charge in [0.25, 0.3) is 5.69 Å². The number of hydrogen-bond donors (Lipinski definition) is 0. The lowest BCUT2D eigenvalue weighted by atomic mass is 10.2. The van der Waals surface area contributed by atoms with E-state index in [0.29, 0.717) is 4.47 Å². The van der Waals surface area contributed by atoms with Gasteiger partial charge in [0, 0.05) is 18.2 Å². The van der Waals surface area contributed by atoms with Crippen LogP contribution in [0.3, 0.4) is 0 Å². The maximum Gasteiger partial charge on any atom is 0.287 e. The van der Waals surface area contributed by atoms with Gasteiger partial charge in [0.2, 0.25) is 0 Å². The molecule has 0 radical (unpaired) electrons. The van der Waals surface area contributed by atoms with Gasteiger partial charge in [-0.2, -0.15) is 5.26 Å². The molecular weight excluding hydrogens is 331 g/mol. The van der Waals surface area contributed by atoms with Crippen LogP contribution in [0.15, 0.2) is 40.9 Å². The summed E-state index contributed by atoms with van der Waals surface area (Å²) in [7, 11) is 0. The van der Waals surface area contributed by atoms with Gasteiger partial charge in [-0.3, -0.25) is 10.1 Å². The van der Waals surface area contributed by atoms with Crippen molar-refractivity contribution in [3.8, 4) is 17.6 Å². The molecule has 7 heteroatoms. The van der Waals surface area contributed by atoms with Crippen LogP contribution >= 0.6 is 15.9 Å². The van der Waals surface area contributed by atoms with Gasteiger partial charge in [0.1, 0.15) is 28.9 Å². The van der Waals surface area contributed by atoms with E-state index in [4.69, 9.17) is 10.00 Å². The Balaban J connectivity index is 2.32. The maximum absolute atomic E-state index is 13.3. The number of rotatable bonds is 3. The topological polar surface area (TPSA) is 76.2 Å². The lowest BCUT2D eigenvalue weighted by Crippen LogP contribution is -1.93. The van der Waals surface area contributed by atoms with Crippen molar-refractivity contribution in [3.05, 3.63) is 62.4 Å². The van der Waals surface area contributed by atoms with Crippen molar-refractivity contribution in [1.29, 1.82) is 5.26 Å². The van der Waals surface area contributed by atoms with Crippen molar-refractivity contribution >= 4 is 21.6 Å². The molecule has 0 N–H and O–H groups in total. The van der Waals surface area contributed by atoms with Crippen molar-refractivity contribution < 1.29 is 14.1 Å². The van der Waals surface area contributed by atoms with Gasteiger partial charge in [0.15, 0.2) is 0 Å². The van der Waals surface area contributed by atoms with Crippen LogP contribution in [-0.4, -0.2) is 4.92 Å². The molecule has 0 amide bonds. The highest BCUT2D eigenvalue weighted by molar-refractivity contribution is 9.10. The molecule has 0 saturated heterocycles. The van der Waals surface area contributed by atoms with Crippen LogP contribution in [0, 0.1) is 27.3 Å². The molecule has 2 aromatic rings. The van der Waals surface area contributed by atoms with Crippen LogP contribution in [-0.2, 0) is 0 Å². The van der Waals surface area contributed by atoms with Gasteiger partial charge in [-0.15, -0.1) is 0 Å². The molecule has 20 heavy (non-hydrogen) atoms. The van der Waals surface area contributed by atoms with Crippen molar-refractivity contribution in [2.75, 3.05) is 0 Å². The third kappa shape index (κ3) is 2.92. The Hall–Kier alpha value is -2.46. The van der Waals surface area contributed by atoms with Crippen LogP contribution in [0.2, 0.25) is 0 Å². The number of halogens is 2. The van der Waals surface area contributed by atoms with Crippen LogP contribution in [0.5, 0.6) is 11.5 Å². The molecule has 2 aromatic carbocycles. The Bertz CT molecular complexity index is 728. The number of nitriles is 1. The largest absolute Gasteiger partial charge is 0.457 e. The number of hydrogen-bond acceptors (Lipinski definition) is 4. The van der Waals surface area contributed by atoms with Crippen molar-refractivity contribution in [2.45, 2.75) is 0 Å². The number of nitro benzene ring substituents is 1. The first-order valence-electron chi connectivity index (χ1n) is 5.32. The Labute approximate surface area is 121 Å². The summed E-state index contributed by atoms with van der Waals surface area (Å²) >= 11 is 3.01. The van der Waals surface area contributed by atoms with Crippen molar-refractivity contribution in [1.82, 2.24) is 0 Å². The molecule has 5 nitrogen and oxygen atoms in total. The van der Waals surface area contributed by atoms with Crippen LogP contribution in [0.25, 0.3) is 0 Å². The number of nitro groups is 1. The highest BCUT2D eigenvalue weighted by atomic mass is 79.9. The second-order valence-electron chi connectivity index (χ2n) is 3.73. The molecule has 2 rings (SSSR count). The summed E-state index contributed by atoms with van der Waals surface area (Å²) < 4.78 is 19.0. The summed E-state index contributed by atoms with van der Waals surface area (Å²) in [6.07, 6.45) is 0. The van der Waals surface area contributed by atoms with E-state index in [9.17, 15) is 14.5 Å². The van der Waals surface area contributed by atoms with E-state index >= 15 is 0 Å². The van der Waals surface area contributed by atoms with E-state index in [0.717, 1.165) is 6.07 Å². The summed E-state index contributed by atoms with van der Waals surface area (Å²) in [5.41, 5.74) is -0.424. The van der Waals surface area contributed by atoms with Crippen molar-refractivity contribution in [2.24, 2.45) is 0 Å². The van der Waals surface area contributed by atoms with E-state index in [1.807, 2.05) is 0 Å². The zero-order valence-corrected chi connectivity index (χ0v) is 11.4. The first kappa shape index (κ1) is 14.0. The van der Waals surface area contributed by atoms with E-state index < -0.39 is 10.7 Å². The SMILES string of the molecule is N#Cc1cc(Oc2ccc(Br)c(F)c2)ccc1[N+](=O)[O-]. The van der Waals surface area contributed by atoms with Gasteiger partial charge in [-0.25, -0.2) is 4.39 Å². The molecule has 0 bridgehead atoms. The van der Waals surface area contributed by atoms with Crippen LogP contribution in [0.4, 0.5) is 10.1 Å². The van der Waals surface area contributed by atoms with E-state index in [1.54, 1.807) is 6.07 Å². The van der Waals surface area contributed by atoms with Gasteiger partial charge in [-0.1, -0.05) is 0 Å². The fourth-order valence-corrected chi connectivity index (χ4v) is 1.75. The summed E-state index contributed by atoms with van der Waals surface area (Å²) in [6.45, 7) is 0. The van der Waals surface area contributed by atoms with Gasteiger partial charge >= 0.3 is 0 Å². The molecular formula is C13H6BrFN2O3. The predicted molar refractivity (Wildman–Crippen MR) is 72.0 cm³/mol. The summed E-state index contributed by atoms with van der Waals surface area (Å²) in [4.78, 5) is 10.0. The maximum atomic E-state index is 13.3. The smallest absolute Gasteiger partial charge is 0.287 e. The highest BCUT2D eigenvalue weighted by Crippen LogP contribution is 2.29. The van der Waals surface area contributed by atoms with E-state index in [1.165, 1.54) is 30.3 Å². The lowest BCUT2D eigenvalue weighted by Gasteiger charge is -2.06. The van der Waals surface area contributed by atoms with Gasteiger partial charge < -0.3 is 4.74 Å². The minimum absolute atomic E-state index is 0.120. The van der Waals surface area contributed by atoms with Gasteiger partial charge in [0.05, 0.1) is 9.40 Å². The predicted octanol–water partition coefficient (Wildman–Crippen LogP) is 4.16. The quantitative estimate of drug-likeness (QED) is 0.622. The number of ether oxygens (including phenoxy) is 1. The Morgan fingerprint density at radius 1 is 1.25 bits per heavy atom. The molecule has 0 heterocycles. The van der Waals surface area contributed by atoms with E-state index in [-0.39, 0.29) is 22.7 Å². The summed E-state index contributed by atoms with van der Waals surface area (Å²) in [5, 5.41) is 19.6. The normalized spacial score (nSPS) is 9.85. The van der Waals surface area contributed by atoms with Crippen LogP contribution in [0.1, 0.15) is 5.56 Å². The molecule has 0 aliphatic carbocycles. The van der Waals surface area contributed by atoms with E-state index in [2.05, 4.69) is 15.9 Å². The average Bonchev–Trinajstić information content (AvgIpc) is 2.42. The van der Waals surface area contributed by atoms with Gasteiger partial charge in [-0.05, 0) is 34.1 Å². The Morgan fingerprint density at radius 3 is 2.50 bits per heavy atom. The molecule has 0 saturated carbocycles. The first-order valence-corrected chi connectivity index (χ1v) is 6.12. The third-order valence-electron chi connectivity index (χ3n) is 2.41. The molecule has 0 aliphatic heterocycles. The minimum atomic E-state index is -0.651. The monoisotopic (exact) mass is 336 g/mol. The second kappa shape index (κ2) is 5.67. The average molecular weight is 337 g/mol. The molecule has 0 unspecified atom stereocenters. The third-order valence-corrected chi connectivity index (χ3v) is 3.06. The summed E-state index contributed by atoms with van der Waals surface area (Å²) in [6, 6.07) is 9.64. The molecule has 0 aliphatic rings. The molecule has 0 atom stereocenters. The standard InChI is InChI=1S/C13H6BrFN2O3/c14-11-3-1-10(6-12(11)15)20-9-2-4-13(17(18)19)8(5-9)7-16/h1-6H. The second-order valence-corrected chi connectivity index (χ2v) is 4.58. The minimum Gasteiger partial charge on any atom is -0.457 e. The molecule has 0 aromatic heterocycles. The Morgan fingerprint density at radius 2 is 1.90 bits per heavy atom. The summed E-state index contributed by atoms with van der Waals surface area (Å²) in [5.74, 6) is -0.0535.